The van der Waals surface area contributed by atoms with E-state index in [-0.39, 0.29) is 11.9 Å². The number of nitrogens with zero attached hydrogens (tertiary/aromatic N) is 7. The van der Waals surface area contributed by atoms with Gasteiger partial charge >= 0.3 is 0 Å². The molecule has 3 fully saturated rings. The number of amides is 1. The fourth-order valence-corrected chi connectivity index (χ4v) is 7.99. The van der Waals surface area contributed by atoms with Gasteiger partial charge in [0.05, 0.1) is 23.8 Å². The molecule has 3 aliphatic rings. The van der Waals surface area contributed by atoms with Gasteiger partial charge in [-0.2, -0.15) is 10.1 Å². The minimum Gasteiger partial charge on any atom is -0.362 e. The van der Waals surface area contributed by atoms with Crippen molar-refractivity contribution in [2.24, 2.45) is 11.8 Å². The molecule has 0 bridgehead atoms. The van der Waals surface area contributed by atoms with Crippen LogP contribution in [-0.4, -0.2) is 61.7 Å². The molecule has 44 heavy (non-hydrogen) atoms. The van der Waals surface area contributed by atoms with Crippen LogP contribution >= 0.6 is 0 Å². The topological polar surface area (TPSA) is 92.1 Å². The van der Waals surface area contributed by atoms with E-state index in [2.05, 4.69) is 46.1 Å². The molecule has 1 aliphatic heterocycles. The third-order valence-electron chi connectivity index (χ3n) is 10.5. The molecule has 0 spiro atoms. The minimum absolute atomic E-state index is 0.0150. The normalized spacial score (nSPS) is 19.6. The monoisotopic (exact) mass is 594 g/mol. The van der Waals surface area contributed by atoms with Crippen molar-refractivity contribution in [3.63, 3.8) is 0 Å². The predicted octanol–water partition coefficient (Wildman–Crippen LogP) is 6.92. The van der Waals surface area contributed by atoms with Crippen LogP contribution in [0.5, 0.6) is 0 Å². The second kappa shape index (κ2) is 12.7. The number of fused-ring (bicyclic) bond motifs is 2. The second-order valence-corrected chi connectivity index (χ2v) is 13.3. The van der Waals surface area contributed by atoms with Crippen molar-refractivity contribution in [2.75, 3.05) is 36.4 Å². The number of hydrogen-bond donors (Lipinski definition) is 1. The Bertz CT molecular complexity index is 1580. The van der Waals surface area contributed by atoms with E-state index >= 15 is 0 Å². The Kier molecular flexibility index (Phi) is 8.37. The molecule has 1 saturated heterocycles. The lowest BCUT2D eigenvalue weighted by atomic mass is 9.74. The number of carbonyl (C=O) groups is 1. The van der Waals surface area contributed by atoms with E-state index in [1.165, 1.54) is 64.2 Å². The number of pyridine rings is 1. The number of carbonyl (C=O) groups excluding carboxylic acids is 1. The largest absolute Gasteiger partial charge is 0.362 e. The van der Waals surface area contributed by atoms with Crippen molar-refractivity contribution in [1.82, 2.24) is 29.6 Å². The first-order valence-electron chi connectivity index (χ1n) is 16.9. The van der Waals surface area contributed by atoms with Crippen molar-refractivity contribution in [1.29, 1.82) is 0 Å². The number of para-hydroxylation sites is 1. The summed E-state index contributed by atoms with van der Waals surface area (Å²) in [6.07, 6.45) is 17.0. The van der Waals surface area contributed by atoms with Gasteiger partial charge in [0.25, 0.3) is 0 Å². The minimum atomic E-state index is -0.0150. The zero-order chi connectivity index (χ0) is 30.0. The summed E-state index contributed by atoms with van der Waals surface area (Å²) >= 11 is 0. The maximum absolute atomic E-state index is 12.0. The number of hydrogen-bond acceptors (Lipinski definition) is 7. The number of anilines is 2. The van der Waals surface area contributed by atoms with Gasteiger partial charge in [-0.15, -0.1) is 0 Å². The molecule has 2 aliphatic carbocycles. The first kappa shape index (κ1) is 29.0. The number of rotatable bonds is 7. The van der Waals surface area contributed by atoms with Crippen LogP contribution in [-0.2, 0) is 4.79 Å². The molecular weight excluding hydrogens is 548 g/mol. The highest BCUT2D eigenvalue weighted by atomic mass is 16.2. The molecule has 2 saturated carbocycles. The highest BCUT2D eigenvalue weighted by Gasteiger charge is 2.35. The Morgan fingerprint density at radius 2 is 1.55 bits per heavy atom. The summed E-state index contributed by atoms with van der Waals surface area (Å²) < 4.78 is 2.34. The van der Waals surface area contributed by atoms with Crippen LogP contribution in [0.1, 0.15) is 95.7 Å². The van der Waals surface area contributed by atoms with Crippen molar-refractivity contribution >= 4 is 39.6 Å². The van der Waals surface area contributed by atoms with Crippen LogP contribution < -0.4 is 10.2 Å². The third-order valence-corrected chi connectivity index (χ3v) is 10.5. The van der Waals surface area contributed by atoms with Gasteiger partial charge in [-0.1, -0.05) is 56.7 Å². The SMILES string of the molecule is CC(=O)N1CCN(c2nc(N[C@H](C)c3cnc4ccccc4c3)c3c(cnn3C(C3CCCCC3)C3CCCCC3)n2)CC1. The number of piperazine rings is 1. The van der Waals surface area contributed by atoms with Crippen molar-refractivity contribution in [2.45, 2.75) is 90.1 Å². The maximum atomic E-state index is 12.0. The first-order chi connectivity index (χ1) is 21.5. The molecule has 0 radical (unpaired) electrons. The van der Waals surface area contributed by atoms with Crippen LogP contribution in [0.2, 0.25) is 0 Å². The smallest absolute Gasteiger partial charge is 0.228 e. The summed E-state index contributed by atoms with van der Waals surface area (Å²) in [7, 11) is 0. The van der Waals surface area contributed by atoms with Gasteiger partial charge in [-0.25, -0.2) is 4.98 Å². The number of benzene rings is 1. The van der Waals surface area contributed by atoms with Crippen molar-refractivity contribution in [3.8, 4) is 0 Å². The van der Waals surface area contributed by atoms with E-state index < -0.39 is 0 Å². The van der Waals surface area contributed by atoms with E-state index in [1.807, 2.05) is 23.4 Å². The highest BCUT2D eigenvalue weighted by molar-refractivity contribution is 5.87. The Balaban J connectivity index is 1.29. The summed E-state index contributed by atoms with van der Waals surface area (Å²) in [6, 6.07) is 10.9. The Morgan fingerprint density at radius 3 is 2.23 bits per heavy atom. The Labute approximate surface area is 260 Å². The molecule has 1 amide bonds. The van der Waals surface area contributed by atoms with Gasteiger partial charge in [0.1, 0.15) is 11.0 Å². The fourth-order valence-electron chi connectivity index (χ4n) is 7.99. The summed E-state index contributed by atoms with van der Waals surface area (Å²) in [5.74, 6) is 2.96. The lowest BCUT2D eigenvalue weighted by Crippen LogP contribution is -2.48. The van der Waals surface area contributed by atoms with Gasteiger partial charge in [0, 0.05) is 44.7 Å². The molecule has 4 aromatic rings. The van der Waals surface area contributed by atoms with Gasteiger partial charge in [-0.05, 0) is 62.1 Å². The summed E-state index contributed by atoms with van der Waals surface area (Å²) in [5, 5.41) is 10.1. The summed E-state index contributed by atoms with van der Waals surface area (Å²) in [5.41, 5.74) is 4.04. The molecule has 1 N–H and O–H groups in total. The lowest BCUT2D eigenvalue weighted by molar-refractivity contribution is -0.129. The average Bonchev–Trinajstić information content (AvgIpc) is 3.49. The van der Waals surface area contributed by atoms with Gasteiger partial charge < -0.3 is 15.1 Å². The molecule has 232 valence electrons. The first-order valence-corrected chi connectivity index (χ1v) is 16.9. The van der Waals surface area contributed by atoms with Crippen molar-refractivity contribution in [3.05, 3.63) is 48.3 Å². The Morgan fingerprint density at radius 1 is 0.864 bits per heavy atom. The van der Waals surface area contributed by atoms with Crippen LogP contribution in [0.3, 0.4) is 0 Å². The third kappa shape index (κ3) is 5.85. The zero-order valence-electron chi connectivity index (χ0n) is 26.3. The molecule has 3 aromatic heterocycles. The zero-order valence-corrected chi connectivity index (χ0v) is 26.3. The molecule has 4 heterocycles. The highest BCUT2D eigenvalue weighted by Crippen LogP contribution is 2.44. The van der Waals surface area contributed by atoms with Crippen LogP contribution in [0.4, 0.5) is 11.8 Å². The molecule has 1 aromatic carbocycles. The molecule has 9 heteroatoms. The number of aromatic nitrogens is 5. The quantitative estimate of drug-likeness (QED) is 0.248. The average molecular weight is 595 g/mol. The lowest BCUT2D eigenvalue weighted by Gasteiger charge is -2.38. The second-order valence-electron chi connectivity index (χ2n) is 13.3. The summed E-state index contributed by atoms with van der Waals surface area (Å²) in [6.45, 7) is 6.64. The van der Waals surface area contributed by atoms with Crippen molar-refractivity contribution < 1.29 is 4.79 Å². The van der Waals surface area contributed by atoms with Crippen LogP contribution in [0, 0.1) is 11.8 Å². The van der Waals surface area contributed by atoms with E-state index in [4.69, 9.17) is 20.1 Å². The van der Waals surface area contributed by atoms with Crippen LogP contribution in [0.15, 0.2) is 42.7 Å². The standard InChI is InChI=1S/C35H46N8O/c1-24(29-21-28-15-9-10-16-30(28)36-22-29)38-34-33-31(39-35(40-34)42-19-17-41(18-20-42)25(2)44)23-37-43(33)32(26-11-5-3-6-12-26)27-13-7-4-8-14-27/h9-10,15-16,21-24,26-27,32H,3-8,11-14,17-20H2,1-2H3,(H,38,39,40)/t24-/m1/s1. The van der Waals surface area contributed by atoms with Gasteiger partial charge in [0.2, 0.25) is 11.9 Å². The van der Waals surface area contributed by atoms with E-state index in [9.17, 15) is 4.79 Å². The molecule has 9 nitrogen and oxygen atoms in total. The molecule has 1 atom stereocenters. The Hall–Kier alpha value is -3.75. The van der Waals surface area contributed by atoms with E-state index in [0.29, 0.717) is 36.9 Å². The fraction of sp³-hybridized carbons (Fsp3) is 0.571. The maximum Gasteiger partial charge on any atom is 0.228 e. The van der Waals surface area contributed by atoms with Gasteiger partial charge in [0.15, 0.2) is 5.82 Å². The van der Waals surface area contributed by atoms with E-state index in [1.54, 1.807) is 6.92 Å². The van der Waals surface area contributed by atoms with Gasteiger partial charge in [-0.3, -0.25) is 14.5 Å². The van der Waals surface area contributed by atoms with Crippen LogP contribution in [0.25, 0.3) is 21.9 Å². The number of nitrogens with one attached hydrogen (secondary N) is 1. The summed E-state index contributed by atoms with van der Waals surface area (Å²) in [4.78, 5) is 31.2. The molecular formula is C35H46N8O. The van der Waals surface area contributed by atoms with E-state index in [0.717, 1.165) is 46.4 Å². The molecule has 0 unspecified atom stereocenters. The predicted molar refractivity (Wildman–Crippen MR) is 176 cm³/mol. The molecule has 7 rings (SSSR count).